The molecule has 0 saturated heterocycles. The van der Waals surface area contributed by atoms with Gasteiger partial charge in [0.1, 0.15) is 0 Å². The first-order chi connectivity index (χ1) is 8.04. The highest BCUT2D eigenvalue weighted by atomic mass is 16.5. The van der Waals surface area contributed by atoms with Crippen molar-refractivity contribution in [2.75, 3.05) is 13.6 Å². The largest absolute Gasteiger partial charge is 0.633 e. The van der Waals surface area contributed by atoms with Crippen LogP contribution in [0.2, 0.25) is 0 Å². The molecule has 0 aromatic rings. The lowest BCUT2D eigenvalue weighted by Crippen LogP contribution is -2.45. The quantitative estimate of drug-likeness (QED) is 0.288. The molecule has 0 aliphatic carbocycles. The maximum Gasteiger partial charge on any atom is 0.0856 e. The second-order valence-corrected chi connectivity index (χ2v) is 5.60. The summed E-state index contributed by atoms with van der Waals surface area (Å²) in [4.78, 5) is 0. The van der Waals surface area contributed by atoms with Gasteiger partial charge in [0, 0.05) is 0 Å². The second kappa shape index (κ2) is 9.90. The summed E-state index contributed by atoms with van der Waals surface area (Å²) < 4.78 is -0.0729. The number of quaternary nitrogens is 1. The summed E-state index contributed by atoms with van der Waals surface area (Å²) in [5.41, 5.74) is 0. The van der Waals surface area contributed by atoms with Gasteiger partial charge in [-0.1, -0.05) is 51.9 Å². The molecule has 0 bridgehead atoms. The van der Waals surface area contributed by atoms with Crippen LogP contribution in [0.25, 0.3) is 0 Å². The highest BCUT2D eigenvalue weighted by molar-refractivity contribution is 4.54. The van der Waals surface area contributed by atoms with E-state index in [0.717, 1.165) is 6.42 Å². The zero-order valence-electron chi connectivity index (χ0n) is 12.5. The number of hydroxylamine groups is 3. The predicted octanol–water partition coefficient (Wildman–Crippen LogP) is 4.87. The van der Waals surface area contributed by atoms with Crippen molar-refractivity contribution in [1.82, 2.24) is 0 Å². The molecule has 0 aliphatic heterocycles. The van der Waals surface area contributed by atoms with Crippen molar-refractivity contribution in [2.24, 2.45) is 0 Å². The predicted molar refractivity (Wildman–Crippen MR) is 76.8 cm³/mol. The Bertz CT molecular complexity index is 168. The molecule has 0 amide bonds. The zero-order chi connectivity index (χ0) is 13.1. The van der Waals surface area contributed by atoms with Crippen molar-refractivity contribution >= 4 is 0 Å². The summed E-state index contributed by atoms with van der Waals surface area (Å²) in [7, 11) is 1.80. The molecule has 0 rings (SSSR count). The van der Waals surface area contributed by atoms with Gasteiger partial charge in [-0.25, -0.2) is 0 Å². The Morgan fingerprint density at radius 1 is 0.882 bits per heavy atom. The van der Waals surface area contributed by atoms with E-state index in [1.54, 1.807) is 7.05 Å². The van der Waals surface area contributed by atoms with E-state index in [1.165, 1.54) is 51.4 Å². The van der Waals surface area contributed by atoms with E-state index in [2.05, 4.69) is 13.8 Å². The minimum absolute atomic E-state index is 0.0729. The highest BCUT2D eigenvalue weighted by Crippen LogP contribution is 2.16. The van der Waals surface area contributed by atoms with E-state index in [9.17, 15) is 5.21 Å². The fourth-order valence-corrected chi connectivity index (χ4v) is 2.16. The van der Waals surface area contributed by atoms with E-state index in [-0.39, 0.29) is 10.7 Å². The molecule has 0 aromatic heterocycles. The number of hydrogen-bond acceptors (Lipinski definition) is 1. The molecule has 17 heavy (non-hydrogen) atoms. The third kappa shape index (κ3) is 8.62. The highest BCUT2D eigenvalue weighted by Gasteiger charge is 2.16. The zero-order valence-corrected chi connectivity index (χ0v) is 12.5. The molecule has 104 valence electrons. The standard InChI is InChI=1S/C15H33NO/c1-5-7-8-9-10-11-12-13-14-15(3)16(4,17)6-2/h15H,5-14H2,1-4H3. The van der Waals surface area contributed by atoms with Gasteiger partial charge in [-0.3, -0.25) is 0 Å². The number of rotatable bonds is 11. The van der Waals surface area contributed by atoms with Crippen LogP contribution < -0.4 is 0 Å². The lowest BCUT2D eigenvalue weighted by molar-refractivity contribution is -0.883. The molecule has 2 atom stereocenters. The van der Waals surface area contributed by atoms with Crippen molar-refractivity contribution in [1.29, 1.82) is 0 Å². The van der Waals surface area contributed by atoms with Crippen LogP contribution in [0.4, 0.5) is 0 Å². The van der Waals surface area contributed by atoms with Gasteiger partial charge in [0.2, 0.25) is 0 Å². The van der Waals surface area contributed by atoms with Crippen LogP contribution in [0, 0.1) is 5.21 Å². The Morgan fingerprint density at radius 3 is 1.82 bits per heavy atom. The van der Waals surface area contributed by atoms with Crippen LogP contribution >= 0.6 is 0 Å². The second-order valence-electron chi connectivity index (χ2n) is 5.60. The molecular weight excluding hydrogens is 210 g/mol. The first-order valence-electron chi connectivity index (χ1n) is 7.60. The number of hydrogen-bond donors (Lipinski definition) is 0. The fourth-order valence-electron chi connectivity index (χ4n) is 2.16. The fraction of sp³-hybridized carbons (Fsp3) is 1.00. The number of nitrogens with zero attached hydrogens (tertiary/aromatic N) is 1. The van der Waals surface area contributed by atoms with Gasteiger partial charge in [0.15, 0.2) is 0 Å². The summed E-state index contributed by atoms with van der Waals surface area (Å²) >= 11 is 0. The van der Waals surface area contributed by atoms with E-state index >= 15 is 0 Å². The molecule has 0 fully saturated rings. The molecule has 2 nitrogen and oxygen atoms in total. The van der Waals surface area contributed by atoms with E-state index in [0.29, 0.717) is 6.54 Å². The minimum Gasteiger partial charge on any atom is -0.633 e. The van der Waals surface area contributed by atoms with Crippen LogP contribution in [-0.2, 0) is 0 Å². The van der Waals surface area contributed by atoms with Gasteiger partial charge >= 0.3 is 0 Å². The van der Waals surface area contributed by atoms with E-state index < -0.39 is 0 Å². The molecule has 2 unspecified atom stereocenters. The van der Waals surface area contributed by atoms with Gasteiger partial charge in [0.05, 0.1) is 19.6 Å². The van der Waals surface area contributed by atoms with Crippen molar-refractivity contribution in [3.05, 3.63) is 5.21 Å². The molecule has 0 aliphatic rings. The van der Waals surface area contributed by atoms with Crippen molar-refractivity contribution in [3.8, 4) is 0 Å². The van der Waals surface area contributed by atoms with Gasteiger partial charge in [-0.15, -0.1) is 0 Å². The third-order valence-corrected chi connectivity index (χ3v) is 4.04. The third-order valence-electron chi connectivity index (χ3n) is 4.04. The Balaban J connectivity index is 3.34. The Morgan fingerprint density at radius 2 is 1.35 bits per heavy atom. The van der Waals surface area contributed by atoms with Crippen molar-refractivity contribution in [3.63, 3.8) is 0 Å². The summed E-state index contributed by atoms with van der Waals surface area (Å²) in [6.07, 6.45) is 11.9. The molecule has 0 heterocycles. The van der Waals surface area contributed by atoms with E-state index in [4.69, 9.17) is 0 Å². The monoisotopic (exact) mass is 243 g/mol. The van der Waals surface area contributed by atoms with Crippen LogP contribution in [0.3, 0.4) is 0 Å². The molecular formula is C15H33NO. The minimum atomic E-state index is -0.0729. The first-order valence-corrected chi connectivity index (χ1v) is 7.60. The smallest absolute Gasteiger partial charge is 0.0856 e. The summed E-state index contributed by atoms with van der Waals surface area (Å²) in [5, 5.41) is 11.9. The molecule has 0 radical (unpaired) electrons. The SMILES string of the molecule is CCCCCCCCCCC(C)[N+](C)([O-])CC. The summed E-state index contributed by atoms with van der Waals surface area (Å²) in [6.45, 7) is 7.03. The number of unbranched alkanes of at least 4 members (excludes halogenated alkanes) is 7. The topological polar surface area (TPSA) is 23.1 Å². The van der Waals surface area contributed by atoms with E-state index in [1.807, 2.05) is 6.92 Å². The Labute approximate surface area is 109 Å². The summed E-state index contributed by atoms with van der Waals surface area (Å²) in [6, 6.07) is 0.264. The van der Waals surface area contributed by atoms with Crippen LogP contribution in [0.5, 0.6) is 0 Å². The van der Waals surface area contributed by atoms with Crippen molar-refractivity contribution < 1.29 is 4.65 Å². The maximum absolute atomic E-state index is 11.9. The van der Waals surface area contributed by atoms with Gasteiger partial charge in [-0.05, 0) is 26.7 Å². The Kier molecular flexibility index (Phi) is 9.85. The average molecular weight is 243 g/mol. The normalized spacial score (nSPS) is 16.8. The Hall–Kier alpha value is -0.0800. The molecule has 0 aromatic carbocycles. The maximum atomic E-state index is 11.9. The first kappa shape index (κ1) is 16.9. The van der Waals surface area contributed by atoms with Crippen LogP contribution in [-0.4, -0.2) is 24.3 Å². The molecule has 0 saturated carbocycles. The molecule has 2 heteroatoms. The summed E-state index contributed by atoms with van der Waals surface area (Å²) in [5.74, 6) is 0. The average Bonchev–Trinajstić information content (AvgIpc) is 2.32. The van der Waals surface area contributed by atoms with Crippen molar-refractivity contribution in [2.45, 2.75) is 84.6 Å². The van der Waals surface area contributed by atoms with Crippen LogP contribution in [0.15, 0.2) is 0 Å². The van der Waals surface area contributed by atoms with Crippen LogP contribution in [0.1, 0.15) is 78.6 Å². The van der Waals surface area contributed by atoms with Gasteiger partial charge in [-0.2, -0.15) is 0 Å². The van der Waals surface area contributed by atoms with Gasteiger partial charge in [0.25, 0.3) is 0 Å². The lowest BCUT2D eigenvalue weighted by atomic mass is 10.0. The lowest BCUT2D eigenvalue weighted by Gasteiger charge is -2.43. The van der Waals surface area contributed by atoms with Gasteiger partial charge < -0.3 is 9.85 Å². The molecule has 0 N–H and O–H groups in total. The molecule has 0 spiro atoms.